The first-order valence-electron chi connectivity index (χ1n) is 6.42. The molecule has 0 unspecified atom stereocenters. The zero-order chi connectivity index (χ0) is 15.6. The van der Waals surface area contributed by atoms with Crippen LogP contribution in [-0.2, 0) is 6.61 Å². The Labute approximate surface area is 128 Å². The number of furan rings is 1. The molecule has 0 aliphatic carbocycles. The molecule has 0 atom stereocenters. The van der Waals surface area contributed by atoms with Crippen LogP contribution < -0.4 is 16.0 Å². The molecule has 1 aromatic carbocycles. The molecule has 6 heteroatoms. The van der Waals surface area contributed by atoms with Gasteiger partial charge < -0.3 is 9.15 Å². The molecule has 0 bridgehead atoms. The Bertz CT molecular complexity index is 657. The van der Waals surface area contributed by atoms with Crippen LogP contribution in [0.25, 0.3) is 0 Å². The molecule has 3 N–H and O–H groups in total. The van der Waals surface area contributed by atoms with E-state index in [4.69, 9.17) is 26.6 Å². The highest BCUT2D eigenvalue weighted by molar-refractivity contribution is 6.30. The third kappa shape index (κ3) is 3.37. The standard InChI is InChI=1S/C15H17ClN2O3/c1-8-4-11(16)5-9(2)14(8)20-7-12-6-13(10(3)21-12)15(19)18-17/h4-6H,7,17H2,1-3H3,(H,18,19). The molecule has 2 aromatic rings. The second kappa shape index (κ2) is 6.20. The Hall–Kier alpha value is -1.98. The number of rotatable bonds is 4. The average molecular weight is 309 g/mol. The number of halogens is 1. The fourth-order valence-electron chi connectivity index (χ4n) is 2.19. The van der Waals surface area contributed by atoms with Crippen molar-refractivity contribution in [3.8, 4) is 5.75 Å². The van der Waals surface area contributed by atoms with Crippen LogP contribution in [-0.4, -0.2) is 5.91 Å². The maximum Gasteiger partial charge on any atom is 0.268 e. The smallest absolute Gasteiger partial charge is 0.268 e. The SMILES string of the molecule is Cc1cc(Cl)cc(C)c1OCc1cc(C(=O)NN)c(C)o1. The predicted octanol–water partition coefficient (Wildman–Crippen LogP) is 3.04. The lowest BCUT2D eigenvalue weighted by Crippen LogP contribution is -2.30. The first kappa shape index (κ1) is 15.4. The van der Waals surface area contributed by atoms with Gasteiger partial charge in [-0.05, 0) is 50.1 Å². The number of carbonyl (C=O) groups excluding carboxylic acids is 1. The van der Waals surface area contributed by atoms with Gasteiger partial charge in [-0.3, -0.25) is 10.2 Å². The highest BCUT2D eigenvalue weighted by Gasteiger charge is 2.15. The monoisotopic (exact) mass is 308 g/mol. The molecule has 0 fully saturated rings. The molecule has 0 saturated heterocycles. The molecule has 0 radical (unpaired) electrons. The summed E-state index contributed by atoms with van der Waals surface area (Å²) in [7, 11) is 0. The number of nitrogens with one attached hydrogen (secondary N) is 1. The molecule has 0 aliphatic heterocycles. The van der Waals surface area contributed by atoms with Gasteiger partial charge in [0.15, 0.2) is 0 Å². The average Bonchev–Trinajstić information content (AvgIpc) is 2.78. The molecular weight excluding hydrogens is 292 g/mol. The van der Waals surface area contributed by atoms with Crippen LogP contribution >= 0.6 is 11.6 Å². The summed E-state index contributed by atoms with van der Waals surface area (Å²) in [5, 5.41) is 0.674. The summed E-state index contributed by atoms with van der Waals surface area (Å²) in [5.74, 6) is 6.55. The van der Waals surface area contributed by atoms with E-state index in [1.807, 2.05) is 26.0 Å². The van der Waals surface area contributed by atoms with Gasteiger partial charge in [0.1, 0.15) is 23.9 Å². The number of carbonyl (C=O) groups is 1. The first-order valence-corrected chi connectivity index (χ1v) is 6.80. The van der Waals surface area contributed by atoms with E-state index < -0.39 is 0 Å². The molecule has 112 valence electrons. The predicted molar refractivity (Wildman–Crippen MR) is 80.4 cm³/mol. The lowest BCUT2D eigenvalue weighted by Gasteiger charge is -2.11. The Morgan fingerprint density at radius 3 is 2.48 bits per heavy atom. The van der Waals surface area contributed by atoms with Crippen LogP contribution in [0.2, 0.25) is 5.02 Å². The summed E-state index contributed by atoms with van der Waals surface area (Å²) in [5.41, 5.74) is 4.38. The molecule has 0 aliphatic rings. The summed E-state index contributed by atoms with van der Waals surface area (Å²) >= 11 is 5.98. The lowest BCUT2D eigenvalue weighted by atomic mass is 10.1. The van der Waals surface area contributed by atoms with Crippen LogP contribution in [0.3, 0.4) is 0 Å². The fourth-order valence-corrected chi connectivity index (χ4v) is 2.51. The van der Waals surface area contributed by atoms with Gasteiger partial charge in [0.25, 0.3) is 5.91 Å². The van der Waals surface area contributed by atoms with Crippen molar-refractivity contribution >= 4 is 17.5 Å². The van der Waals surface area contributed by atoms with E-state index in [0.29, 0.717) is 22.1 Å². The normalized spacial score (nSPS) is 10.5. The summed E-state index contributed by atoms with van der Waals surface area (Å²) in [6.45, 7) is 5.78. The Balaban J connectivity index is 2.16. The number of benzene rings is 1. The van der Waals surface area contributed by atoms with Crippen LogP contribution in [0.4, 0.5) is 0 Å². The molecule has 2 rings (SSSR count). The summed E-state index contributed by atoms with van der Waals surface area (Å²) < 4.78 is 11.3. The lowest BCUT2D eigenvalue weighted by molar-refractivity contribution is 0.0952. The van der Waals surface area contributed by atoms with Crippen molar-refractivity contribution in [2.45, 2.75) is 27.4 Å². The van der Waals surface area contributed by atoms with Crippen LogP contribution in [0.15, 0.2) is 22.6 Å². The third-order valence-electron chi connectivity index (χ3n) is 3.13. The van der Waals surface area contributed by atoms with Crippen molar-refractivity contribution in [3.63, 3.8) is 0 Å². The van der Waals surface area contributed by atoms with Crippen molar-refractivity contribution in [3.05, 3.63) is 51.4 Å². The quantitative estimate of drug-likeness (QED) is 0.517. The highest BCUT2D eigenvalue weighted by atomic mass is 35.5. The third-order valence-corrected chi connectivity index (χ3v) is 3.35. The van der Waals surface area contributed by atoms with Gasteiger partial charge in [-0.15, -0.1) is 0 Å². The molecule has 1 heterocycles. The summed E-state index contributed by atoms with van der Waals surface area (Å²) in [6, 6.07) is 5.30. The first-order chi connectivity index (χ1) is 9.92. The largest absolute Gasteiger partial charge is 0.485 e. The van der Waals surface area contributed by atoms with Gasteiger partial charge in [-0.2, -0.15) is 0 Å². The minimum Gasteiger partial charge on any atom is -0.485 e. The molecule has 21 heavy (non-hydrogen) atoms. The maximum absolute atomic E-state index is 11.5. The van der Waals surface area contributed by atoms with E-state index >= 15 is 0 Å². The maximum atomic E-state index is 11.5. The van der Waals surface area contributed by atoms with Crippen molar-refractivity contribution < 1.29 is 13.9 Å². The Morgan fingerprint density at radius 2 is 1.90 bits per heavy atom. The number of hydrogen-bond acceptors (Lipinski definition) is 4. The van der Waals surface area contributed by atoms with Crippen molar-refractivity contribution in [2.24, 2.45) is 5.84 Å². The van der Waals surface area contributed by atoms with Gasteiger partial charge >= 0.3 is 0 Å². The van der Waals surface area contributed by atoms with Crippen LogP contribution in [0.5, 0.6) is 5.75 Å². The molecule has 5 nitrogen and oxygen atoms in total. The number of nitrogen functional groups attached to an aromatic ring is 1. The molecule has 1 amide bonds. The van der Waals surface area contributed by atoms with Crippen LogP contribution in [0.1, 0.15) is 33.0 Å². The molecular formula is C15H17ClN2O3. The van der Waals surface area contributed by atoms with E-state index in [2.05, 4.69) is 5.43 Å². The highest BCUT2D eigenvalue weighted by Crippen LogP contribution is 2.28. The van der Waals surface area contributed by atoms with Gasteiger partial charge in [0, 0.05) is 5.02 Å². The number of amides is 1. The van der Waals surface area contributed by atoms with E-state index in [-0.39, 0.29) is 12.5 Å². The number of aryl methyl sites for hydroxylation is 3. The second-order valence-electron chi connectivity index (χ2n) is 4.81. The number of hydrazine groups is 1. The Kier molecular flexibility index (Phi) is 4.55. The van der Waals surface area contributed by atoms with Crippen LogP contribution in [0, 0.1) is 20.8 Å². The van der Waals surface area contributed by atoms with E-state index in [1.165, 1.54) is 0 Å². The summed E-state index contributed by atoms with van der Waals surface area (Å²) in [6.07, 6.45) is 0. The Morgan fingerprint density at radius 1 is 1.29 bits per heavy atom. The second-order valence-corrected chi connectivity index (χ2v) is 5.25. The zero-order valence-corrected chi connectivity index (χ0v) is 12.9. The van der Waals surface area contributed by atoms with Crippen molar-refractivity contribution in [1.29, 1.82) is 0 Å². The zero-order valence-electron chi connectivity index (χ0n) is 12.1. The molecule has 1 aromatic heterocycles. The summed E-state index contributed by atoms with van der Waals surface area (Å²) in [4.78, 5) is 11.5. The number of hydrogen-bond donors (Lipinski definition) is 2. The molecule has 0 spiro atoms. The van der Waals surface area contributed by atoms with Gasteiger partial charge in [0.2, 0.25) is 0 Å². The topological polar surface area (TPSA) is 77.5 Å². The fraction of sp³-hybridized carbons (Fsp3) is 0.267. The number of ether oxygens (including phenoxy) is 1. The van der Waals surface area contributed by atoms with E-state index in [1.54, 1.807) is 13.0 Å². The number of nitrogens with two attached hydrogens (primary N) is 1. The van der Waals surface area contributed by atoms with Crippen molar-refractivity contribution in [2.75, 3.05) is 0 Å². The van der Waals surface area contributed by atoms with E-state index in [0.717, 1.165) is 16.9 Å². The van der Waals surface area contributed by atoms with Gasteiger partial charge in [0.05, 0.1) is 5.56 Å². The van der Waals surface area contributed by atoms with Crippen molar-refractivity contribution in [1.82, 2.24) is 5.43 Å². The molecule has 0 saturated carbocycles. The van der Waals surface area contributed by atoms with E-state index in [9.17, 15) is 4.79 Å². The van der Waals surface area contributed by atoms with Gasteiger partial charge in [-0.25, -0.2) is 5.84 Å². The minimum atomic E-state index is -0.388. The van der Waals surface area contributed by atoms with Gasteiger partial charge in [-0.1, -0.05) is 11.6 Å². The minimum absolute atomic E-state index is 0.224.